The zero-order valence-electron chi connectivity index (χ0n) is 7.76. The molecule has 2 rings (SSSR count). The Morgan fingerprint density at radius 2 is 2.00 bits per heavy atom. The van der Waals surface area contributed by atoms with Crippen molar-refractivity contribution in [3.05, 3.63) is 35.6 Å². The molecule has 0 amide bonds. The van der Waals surface area contributed by atoms with E-state index in [1.165, 1.54) is 5.56 Å². The molecule has 1 fully saturated rings. The van der Waals surface area contributed by atoms with Crippen LogP contribution in [0, 0.1) is 5.82 Å². The van der Waals surface area contributed by atoms with Crippen molar-refractivity contribution in [2.45, 2.75) is 25.3 Å². The summed E-state index contributed by atoms with van der Waals surface area (Å²) in [4.78, 5) is 0. The summed E-state index contributed by atoms with van der Waals surface area (Å²) in [6.45, 7) is 3.20. The van der Waals surface area contributed by atoms with Gasteiger partial charge in [0.1, 0.15) is 5.82 Å². The first kappa shape index (κ1) is 8.70. The Balaban J connectivity index is 2.13. The van der Waals surface area contributed by atoms with E-state index in [-0.39, 0.29) is 5.82 Å². The standard InChI is InChI=1S/C11H14FN/c1-8-6-10(7-13-8)9-2-4-11(12)5-3-9/h2-5,8,10,13H,6-7H2,1H3/t8-,10+/m1/s1. The summed E-state index contributed by atoms with van der Waals surface area (Å²) in [7, 11) is 0. The lowest BCUT2D eigenvalue weighted by Gasteiger charge is -2.07. The van der Waals surface area contributed by atoms with E-state index < -0.39 is 0 Å². The molecule has 0 aromatic heterocycles. The Morgan fingerprint density at radius 3 is 2.54 bits per heavy atom. The number of rotatable bonds is 1. The van der Waals surface area contributed by atoms with E-state index in [0.717, 1.165) is 13.0 Å². The first-order valence-corrected chi connectivity index (χ1v) is 4.74. The van der Waals surface area contributed by atoms with E-state index in [0.29, 0.717) is 12.0 Å². The summed E-state index contributed by atoms with van der Waals surface area (Å²) >= 11 is 0. The third kappa shape index (κ3) is 1.89. The van der Waals surface area contributed by atoms with Crippen molar-refractivity contribution in [1.29, 1.82) is 0 Å². The van der Waals surface area contributed by atoms with Gasteiger partial charge in [-0.15, -0.1) is 0 Å². The van der Waals surface area contributed by atoms with E-state index in [2.05, 4.69) is 12.2 Å². The molecule has 1 aliphatic rings. The van der Waals surface area contributed by atoms with Crippen LogP contribution in [0.25, 0.3) is 0 Å². The largest absolute Gasteiger partial charge is 0.314 e. The number of hydrogen-bond donors (Lipinski definition) is 1. The molecule has 0 aliphatic carbocycles. The molecule has 1 aliphatic heterocycles. The number of nitrogens with one attached hydrogen (secondary N) is 1. The fourth-order valence-corrected chi connectivity index (χ4v) is 1.93. The van der Waals surface area contributed by atoms with Gasteiger partial charge in [0.2, 0.25) is 0 Å². The minimum Gasteiger partial charge on any atom is -0.314 e. The van der Waals surface area contributed by atoms with Crippen molar-refractivity contribution >= 4 is 0 Å². The third-order valence-corrected chi connectivity index (χ3v) is 2.69. The molecule has 0 saturated carbocycles. The van der Waals surface area contributed by atoms with Crippen molar-refractivity contribution in [2.75, 3.05) is 6.54 Å². The predicted molar refractivity (Wildman–Crippen MR) is 51.2 cm³/mol. The highest BCUT2D eigenvalue weighted by molar-refractivity contribution is 5.22. The van der Waals surface area contributed by atoms with Crippen LogP contribution in [0.5, 0.6) is 0 Å². The van der Waals surface area contributed by atoms with Crippen molar-refractivity contribution < 1.29 is 4.39 Å². The normalized spacial score (nSPS) is 27.8. The molecule has 2 heteroatoms. The maximum absolute atomic E-state index is 12.6. The number of benzene rings is 1. The highest BCUT2D eigenvalue weighted by Crippen LogP contribution is 2.25. The topological polar surface area (TPSA) is 12.0 Å². The van der Waals surface area contributed by atoms with Crippen LogP contribution < -0.4 is 5.32 Å². The summed E-state index contributed by atoms with van der Waals surface area (Å²) in [5.74, 6) is 0.415. The fraction of sp³-hybridized carbons (Fsp3) is 0.455. The van der Waals surface area contributed by atoms with Crippen LogP contribution in [0.2, 0.25) is 0 Å². The monoisotopic (exact) mass is 179 g/mol. The molecular formula is C11H14FN. The first-order chi connectivity index (χ1) is 6.25. The summed E-state index contributed by atoms with van der Waals surface area (Å²) in [6.07, 6.45) is 1.16. The zero-order chi connectivity index (χ0) is 9.26. The summed E-state index contributed by atoms with van der Waals surface area (Å²) in [5, 5.41) is 3.39. The van der Waals surface area contributed by atoms with Crippen molar-refractivity contribution in [2.24, 2.45) is 0 Å². The Kier molecular flexibility index (Phi) is 2.32. The molecule has 1 heterocycles. The van der Waals surface area contributed by atoms with Crippen LogP contribution in [-0.2, 0) is 0 Å². The molecule has 0 spiro atoms. The third-order valence-electron chi connectivity index (χ3n) is 2.69. The highest BCUT2D eigenvalue weighted by Gasteiger charge is 2.21. The van der Waals surface area contributed by atoms with Crippen LogP contribution in [0.4, 0.5) is 4.39 Å². The molecule has 1 N–H and O–H groups in total. The van der Waals surface area contributed by atoms with E-state index in [1.807, 2.05) is 12.1 Å². The molecule has 1 saturated heterocycles. The van der Waals surface area contributed by atoms with E-state index in [4.69, 9.17) is 0 Å². The maximum Gasteiger partial charge on any atom is 0.123 e. The van der Waals surface area contributed by atoms with Gasteiger partial charge in [-0.2, -0.15) is 0 Å². The average Bonchev–Trinajstić information content (AvgIpc) is 2.53. The predicted octanol–water partition coefficient (Wildman–Crippen LogP) is 2.29. The van der Waals surface area contributed by atoms with Gasteiger partial charge in [0.15, 0.2) is 0 Å². The minimum absolute atomic E-state index is 0.150. The van der Waals surface area contributed by atoms with E-state index in [9.17, 15) is 4.39 Å². The fourth-order valence-electron chi connectivity index (χ4n) is 1.93. The minimum atomic E-state index is -0.150. The van der Waals surface area contributed by atoms with Crippen LogP contribution in [0.3, 0.4) is 0 Å². The van der Waals surface area contributed by atoms with Gasteiger partial charge in [-0.3, -0.25) is 0 Å². The Bertz CT molecular complexity index is 281. The van der Waals surface area contributed by atoms with Crippen LogP contribution in [0.15, 0.2) is 24.3 Å². The molecule has 70 valence electrons. The number of halogens is 1. The van der Waals surface area contributed by atoms with Crippen LogP contribution in [0.1, 0.15) is 24.8 Å². The van der Waals surface area contributed by atoms with Gasteiger partial charge in [0.05, 0.1) is 0 Å². The molecule has 1 aromatic carbocycles. The summed E-state index contributed by atoms with van der Waals surface area (Å²) in [6, 6.07) is 7.45. The smallest absolute Gasteiger partial charge is 0.123 e. The first-order valence-electron chi connectivity index (χ1n) is 4.74. The Hall–Kier alpha value is -0.890. The quantitative estimate of drug-likeness (QED) is 0.697. The van der Waals surface area contributed by atoms with Gasteiger partial charge in [-0.1, -0.05) is 12.1 Å². The molecule has 1 nitrogen and oxygen atoms in total. The van der Waals surface area contributed by atoms with Gasteiger partial charge >= 0.3 is 0 Å². The van der Waals surface area contributed by atoms with Crippen molar-refractivity contribution in [3.63, 3.8) is 0 Å². The summed E-state index contributed by atoms with van der Waals surface area (Å²) in [5.41, 5.74) is 1.25. The van der Waals surface area contributed by atoms with Gasteiger partial charge in [-0.05, 0) is 37.0 Å². The lowest BCUT2D eigenvalue weighted by Crippen LogP contribution is -2.16. The van der Waals surface area contributed by atoms with Gasteiger partial charge in [-0.25, -0.2) is 4.39 Å². The second kappa shape index (κ2) is 3.46. The molecule has 0 radical (unpaired) electrons. The summed E-state index contributed by atoms with van der Waals surface area (Å²) < 4.78 is 12.6. The highest BCUT2D eigenvalue weighted by atomic mass is 19.1. The molecule has 0 unspecified atom stereocenters. The molecule has 2 atom stereocenters. The zero-order valence-corrected chi connectivity index (χ0v) is 7.76. The van der Waals surface area contributed by atoms with Gasteiger partial charge < -0.3 is 5.32 Å². The van der Waals surface area contributed by atoms with Gasteiger partial charge in [0.25, 0.3) is 0 Å². The van der Waals surface area contributed by atoms with Crippen molar-refractivity contribution in [3.8, 4) is 0 Å². The van der Waals surface area contributed by atoms with E-state index in [1.54, 1.807) is 12.1 Å². The van der Waals surface area contributed by atoms with Crippen LogP contribution >= 0.6 is 0 Å². The average molecular weight is 179 g/mol. The van der Waals surface area contributed by atoms with Gasteiger partial charge in [0, 0.05) is 12.6 Å². The second-order valence-corrected chi connectivity index (χ2v) is 3.79. The maximum atomic E-state index is 12.6. The SMILES string of the molecule is C[C@@H]1C[C@H](c2ccc(F)cc2)CN1. The molecule has 1 aromatic rings. The lowest BCUT2D eigenvalue weighted by atomic mass is 9.97. The Morgan fingerprint density at radius 1 is 1.31 bits per heavy atom. The molecular weight excluding hydrogens is 165 g/mol. The number of hydrogen-bond acceptors (Lipinski definition) is 1. The second-order valence-electron chi connectivity index (χ2n) is 3.79. The van der Waals surface area contributed by atoms with Crippen LogP contribution in [-0.4, -0.2) is 12.6 Å². The molecule has 0 bridgehead atoms. The van der Waals surface area contributed by atoms with Crippen molar-refractivity contribution in [1.82, 2.24) is 5.32 Å². The van der Waals surface area contributed by atoms with E-state index >= 15 is 0 Å². The lowest BCUT2D eigenvalue weighted by molar-refractivity contribution is 0.624. The molecule has 13 heavy (non-hydrogen) atoms. The Labute approximate surface area is 78.0 Å².